The van der Waals surface area contributed by atoms with E-state index in [0.717, 1.165) is 16.8 Å². The largest absolute Gasteiger partial charge is 0.496 e. The Morgan fingerprint density at radius 3 is 2.64 bits per heavy atom. The summed E-state index contributed by atoms with van der Waals surface area (Å²) in [6.07, 6.45) is 0.620. The fraction of sp³-hybridized carbons (Fsp3) is 0.278. The lowest BCUT2D eigenvalue weighted by molar-refractivity contribution is 0.408. The lowest BCUT2D eigenvalue weighted by Gasteiger charge is -2.16. The molecule has 0 saturated heterocycles. The van der Waals surface area contributed by atoms with Crippen LogP contribution in [0.15, 0.2) is 42.5 Å². The number of ether oxygens (including phenoxy) is 1. The highest BCUT2D eigenvalue weighted by atomic mass is 35.5. The fourth-order valence-electron chi connectivity index (χ4n) is 2.40. The second-order valence-corrected chi connectivity index (χ2v) is 5.77. The van der Waals surface area contributed by atoms with Crippen molar-refractivity contribution in [2.75, 3.05) is 26.1 Å². The molecule has 0 spiro atoms. The van der Waals surface area contributed by atoms with Gasteiger partial charge in [0.1, 0.15) is 5.75 Å². The Morgan fingerprint density at radius 2 is 2.00 bits per heavy atom. The average Bonchev–Trinajstić information content (AvgIpc) is 2.52. The van der Waals surface area contributed by atoms with Gasteiger partial charge >= 0.3 is 0 Å². The normalized spacial score (nSPS) is 11.6. The summed E-state index contributed by atoms with van der Waals surface area (Å²) in [4.78, 5) is 2.05. The van der Waals surface area contributed by atoms with Gasteiger partial charge in [-0.1, -0.05) is 23.7 Å². The summed E-state index contributed by atoms with van der Waals surface area (Å²) in [5, 5.41) is 10.2. The summed E-state index contributed by atoms with van der Waals surface area (Å²) in [5.41, 5.74) is 3.06. The van der Waals surface area contributed by atoms with E-state index >= 15 is 0 Å². The van der Waals surface area contributed by atoms with E-state index in [1.807, 2.05) is 43.3 Å². The molecule has 0 aliphatic carbocycles. The molecule has 2 aromatic rings. The molecule has 0 heterocycles. The Hall–Kier alpha value is -2.18. The molecule has 0 bridgehead atoms. The number of anilines is 1. The number of hydrogen-bond donors (Lipinski definition) is 0. The van der Waals surface area contributed by atoms with E-state index in [9.17, 15) is 5.26 Å². The molecule has 22 heavy (non-hydrogen) atoms. The first-order chi connectivity index (χ1) is 10.5. The first-order valence-corrected chi connectivity index (χ1v) is 7.42. The number of methoxy groups -OCH3 is 1. The van der Waals surface area contributed by atoms with Crippen molar-refractivity contribution >= 4 is 17.3 Å². The summed E-state index contributed by atoms with van der Waals surface area (Å²) < 4.78 is 5.36. The molecule has 0 saturated carbocycles. The van der Waals surface area contributed by atoms with Crippen LogP contribution in [0.25, 0.3) is 0 Å². The average molecular weight is 315 g/mol. The van der Waals surface area contributed by atoms with E-state index < -0.39 is 0 Å². The third-order valence-electron chi connectivity index (χ3n) is 3.59. The molecule has 4 heteroatoms. The van der Waals surface area contributed by atoms with E-state index in [1.165, 1.54) is 0 Å². The zero-order valence-electron chi connectivity index (χ0n) is 13.0. The van der Waals surface area contributed by atoms with E-state index in [2.05, 4.69) is 12.1 Å². The topological polar surface area (TPSA) is 36.3 Å². The molecule has 2 rings (SSSR count). The Balaban J connectivity index is 2.32. The molecule has 114 valence electrons. The minimum absolute atomic E-state index is 0.300. The zero-order chi connectivity index (χ0) is 16.1. The van der Waals surface area contributed by atoms with E-state index in [4.69, 9.17) is 16.3 Å². The van der Waals surface area contributed by atoms with Crippen LogP contribution in [0.2, 0.25) is 5.02 Å². The van der Waals surface area contributed by atoms with Crippen LogP contribution in [0.3, 0.4) is 0 Å². The minimum atomic E-state index is -0.300. The van der Waals surface area contributed by atoms with Crippen LogP contribution >= 0.6 is 11.6 Å². The Kier molecular flexibility index (Phi) is 5.30. The van der Waals surface area contributed by atoms with Crippen LogP contribution in [0.4, 0.5) is 5.69 Å². The standard InChI is InChI=1S/C18H19ClN2O/c1-21(2)16-6-4-5-13(10-16)9-14(12-20)17-11-15(19)7-8-18(17)22-3/h4-8,10-11,14H,9H2,1-3H3. The molecule has 0 N–H and O–H groups in total. The number of benzene rings is 2. The molecule has 1 atom stereocenters. The van der Waals surface area contributed by atoms with Crippen molar-refractivity contribution in [1.29, 1.82) is 5.26 Å². The summed E-state index contributed by atoms with van der Waals surface area (Å²) >= 11 is 6.07. The van der Waals surface area contributed by atoms with Gasteiger partial charge in [-0.2, -0.15) is 5.26 Å². The molecular formula is C18H19ClN2O. The van der Waals surface area contributed by atoms with E-state index in [-0.39, 0.29) is 5.92 Å². The molecular weight excluding hydrogens is 296 g/mol. The van der Waals surface area contributed by atoms with Crippen molar-refractivity contribution in [3.8, 4) is 11.8 Å². The van der Waals surface area contributed by atoms with Gasteiger partial charge < -0.3 is 9.64 Å². The Bertz CT molecular complexity index is 692. The summed E-state index contributed by atoms with van der Waals surface area (Å²) in [5.74, 6) is 0.394. The monoisotopic (exact) mass is 314 g/mol. The number of rotatable bonds is 5. The van der Waals surface area contributed by atoms with E-state index in [0.29, 0.717) is 17.2 Å². The van der Waals surface area contributed by atoms with Crippen molar-refractivity contribution in [2.24, 2.45) is 0 Å². The minimum Gasteiger partial charge on any atom is -0.496 e. The van der Waals surface area contributed by atoms with Gasteiger partial charge in [-0.05, 0) is 42.3 Å². The van der Waals surface area contributed by atoms with Crippen molar-refractivity contribution in [2.45, 2.75) is 12.3 Å². The van der Waals surface area contributed by atoms with E-state index in [1.54, 1.807) is 19.2 Å². The predicted molar refractivity (Wildman–Crippen MR) is 90.8 cm³/mol. The third-order valence-corrected chi connectivity index (χ3v) is 3.82. The van der Waals surface area contributed by atoms with Gasteiger partial charge in [0.2, 0.25) is 0 Å². The van der Waals surface area contributed by atoms with Crippen molar-refractivity contribution in [3.05, 3.63) is 58.6 Å². The van der Waals surface area contributed by atoms with Crippen LogP contribution in [0, 0.1) is 11.3 Å². The molecule has 0 fully saturated rings. The van der Waals surface area contributed by atoms with Crippen LogP contribution in [-0.2, 0) is 6.42 Å². The highest BCUT2D eigenvalue weighted by Gasteiger charge is 2.17. The maximum atomic E-state index is 9.57. The smallest absolute Gasteiger partial charge is 0.123 e. The summed E-state index contributed by atoms with van der Waals surface area (Å²) in [6, 6.07) is 15.9. The molecule has 0 aromatic heterocycles. The first kappa shape index (κ1) is 16.2. The maximum absolute atomic E-state index is 9.57. The number of hydrogen-bond acceptors (Lipinski definition) is 3. The molecule has 0 amide bonds. The maximum Gasteiger partial charge on any atom is 0.123 e. The SMILES string of the molecule is COc1ccc(Cl)cc1C(C#N)Cc1cccc(N(C)C)c1. The highest BCUT2D eigenvalue weighted by molar-refractivity contribution is 6.30. The summed E-state index contributed by atoms with van der Waals surface area (Å²) in [6.45, 7) is 0. The second-order valence-electron chi connectivity index (χ2n) is 5.34. The van der Waals surface area contributed by atoms with Gasteiger partial charge in [-0.25, -0.2) is 0 Å². The van der Waals surface area contributed by atoms with Gasteiger partial charge in [0.05, 0.1) is 19.1 Å². The third kappa shape index (κ3) is 3.72. The summed E-state index contributed by atoms with van der Waals surface area (Å²) in [7, 11) is 5.61. The first-order valence-electron chi connectivity index (χ1n) is 7.04. The number of nitriles is 1. The Labute approximate surface area is 136 Å². The molecule has 0 aliphatic heterocycles. The lowest BCUT2D eigenvalue weighted by Crippen LogP contribution is -2.09. The van der Waals surface area contributed by atoms with Gasteiger partial charge in [-0.15, -0.1) is 0 Å². The van der Waals surface area contributed by atoms with Crippen LogP contribution in [0.5, 0.6) is 5.75 Å². The fourth-order valence-corrected chi connectivity index (χ4v) is 2.58. The molecule has 3 nitrogen and oxygen atoms in total. The van der Waals surface area contributed by atoms with Crippen molar-refractivity contribution in [3.63, 3.8) is 0 Å². The van der Waals surface area contributed by atoms with Gasteiger partial charge in [0.15, 0.2) is 0 Å². The predicted octanol–water partition coefficient (Wildman–Crippen LogP) is 4.26. The van der Waals surface area contributed by atoms with Crippen molar-refractivity contribution in [1.82, 2.24) is 0 Å². The quantitative estimate of drug-likeness (QED) is 0.827. The van der Waals surface area contributed by atoms with Gasteiger partial charge in [-0.3, -0.25) is 0 Å². The second kappa shape index (κ2) is 7.20. The lowest BCUT2D eigenvalue weighted by atomic mass is 9.92. The van der Waals surface area contributed by atoms with Crippen LogP contribution < -0.4 is 9.64 Å². The van der Waals surface area contributed by atoms with Crippen LogP contribution in [0.1, 0.15) is 17.0 Å². The number of halogens is 1. The van der Waals surface area contributed by atoms with Gasteiger partial charge in [0.25, 0.3) is 0 Å². The molecule has 2 aromatic carbocycles. The molecule has 0 aliphatic rings. The van der Waals surface area contributed by atoms with Gasteiger partial charge in [0, 0.05) is 30.4 Å². The van der Waals surface area contributed by atoms with Crippen LogP contribution in [-0.4, -0.2) is 21.2 Å². The number of nitrogens with zero attached hydrogens (tertiary/aromatic N) is 2. The highest BCUT2D eigenvalue weighted by Crippen LogP contribution is 2.32. The molecule has 1 unspecified atom stereocenters. The molecule has 0 radical (unpaired) electrons. The zero-order valence-corrected chi connectivity index (χ0v) is 13.8. The van der Waals surface area contributed by atoms with Crippen molar-refractivity contribution < 1.29 is 4.74 Å². The Morgan fingerprint density at radius 1 is 1.23 bits per heavy atom.